The number of aryl methyl sites for hydroxylation is 1. The quantitative estimate of drug-likeness (QED) is 0.701. The van der Waals surface area contributed by atoms with Gasteiger partial charge in [0.2, 0.25) is 5.95 Å². The van der Waals surface area contributed by atoms with E-state index in [0.717, 1.165) is 36.8 Å². The lowest BCUT2D eigenvalue weighted by atomic mass is 9.95. The molecule has 1 saturated carbocycles. The maximum Gasteiger partial charge on any atom is 0.257 e. The summed E-state index contributed by atoms with van der Waals surface area (Å²) in [6.07, 6.45) is 5.67. The Morgan fingerprint density at radius 3 is 2.73 bits per heavy atom. The summed E-state index contributed by atoms with van der Waals surface area (Å²) in [5.74, 6) is -0.00658. The maximum absolute atomic E-state index is 13.7. The Hall–Kier alpha value is -2.69. The zero-order valence-corrected chi connectivity index (χ0v) is 14.8. The molecule has 0 bridgehead atoms. The van der Waals surface area contributed by atoms with Gasteiger partial charge in [0.05, 0.1) is 11.0 Å². The second kappa shape index (κ2) is 6.90. The SMILES string of the molecule is Cc1cccc(C(=O)Nc2nc3cc(F)ccc3n2C2CCCCC2)c1. The van der Waals surface area contributed by atoms with Gasteiger partial charge < -0.3 is 4.57 Å². The van der Waals surface area contributed by atoms with Gasteiger partial charge in [0, 0.05) is 17.7 Å². The highest BCUT2D eigenvalue weighted by atomic mass is 19.1. The minimum absolute atomic E-state index is 0.193. The van der Waals surface area contributed by atoms with E-state index in [1.54, 1.807) is 12.1 Å². The Bertz CT molecular complexity index is 957. The fourth-order valence-electron chi connectivity index (χ4n) is 3.83. The van der Waals surface area contributed by atoms with Gasteiger partial charge in [-0.3, -0.25) is 10.1 Å². The van der Waals surface area contributed by atoms with E-state index in [-0.39, 0.29) is 17.8 Å². The number of carbonyl (C=O) groups is 1. The van der Waals surface area contributed by atoms with Gasteiger partial charge in [-0.25, -0.2) is 9.37 Å². The molecular formula is C21H22FN3O. The number of hydrogen-bond donors (Lipinski definition) is 1. The predicted octanol–water partition coefficient (Wildman–Crippen LogP) is 5.24. The standard InChI is InChI=1S/C21H22FN3O/c1-14-6-5-7-15(12-14)20(26)24-21-23-18-13-16(22)10-11-19(18)25(21)17-8-3-2-4-9-17/h5-7,10-13,17H,2-4,8-9H2,1H3,(H,23,24,26). The number of nitrogens with zero attached hydrogens (tertiary/aromatic N) is 2. The predicted molar refractivity (Wildman–Crippen MR) is 101 cm³/mol. The van der Waals surface area contributed by atoms with Crippen LogP contribution in [0.4, 0.5) is 10.3 Å². The Balaban J connectivity index is 1.74. The fraction of sp³-hybridized carbons (Fsp3) is 0.333. The van der Waals surface area contributed by atoms with Gasteiger partial charge in [0.15, 0.2) is 0 Å². The van der Waals surface area contributed by atoms with Crippen LogP contribution in [0.2, 0.25) is 0 Å². The Labute approximate surface area is 152 Å². The van der Waals surface area contributed by atoms with Crippen molar-refractivity contribution >= 4 is 22.9 Å². The van der Waals surface area contributed by atoms with Crippen molar-refractivity contribution in [2.45, 2.75) is 45.1 Å². The first-order chi connectivity index (χ1) is 12.6. The fourth-order valence-corrected chi connectivity index (χ4v) is 3.83. The second-order valence-electron chi connectivity index (χ2n) is 7.05. The highest BCUT2D eigenvalue weighted by molar-refractivity contribution is 6.04. The molecule has 1 N–H and O–H groups in total. The number of nitrogens with one attached hydrogen (secondary N) is 1. The van der Waals surface area contributed by atoms with Gasteiger partial charge >= 0.3 is 0 Å². The second-order valence-corrected chi connectivity index (χ2v) is 7.05. The third-order valence-electron chi connectivity index (χ3n) is 5.10. The largest absolute Gasteiger partial charge is 0.307 e. The van der Waals surface area contributed by atoms with Crippen molar-refractivity contribution in [2.75, 3.05) is 5.32 Å². The van der Waals surface area contributed by atoms with Crippen LogP contribution in [0.5, 0.6) is 0 Å². The number of halogens is 1. The minimum Gasteiger partial charge on any atom is -0.307 e. The molecule has 1 heterocycles. The topological polar surface area (TPSA) is 46.9 Å². The number of amides is 1. The Morgan fingerprint density at radius 2 is 1.96 bits per heavy atom. The summed E-state index contributed by atoms with van der Waals surface area (Å²) in [6, 6.07) is 12.4. The van der Waals surface area contributed by atoms with Crippen molar-refractivity contribution in [1.29, 1.82) is 0 Å². The van der Waals surface area contributed by atoms with Crippen molar-refractivity contribution in [1.82, 2.24) is 9.55 Å². The molecule has 2 aromatic carbocycles. The molecule has 5 heteroatoms. The molecule has 0 atom stereocenters. The number of anilines is 1. The highest BCUT2D eigenvalue weighted by Gasteiger charge is 2.23. The lowest BCUT2D eigenvalue weighted by Gasteiger charge is -2.25. The van der Waals surface area contributed by atoms with E-state index in [0.29, 0.717) is 17.0 Å². The van der Waals surface area contributed by atoms with E-state index in [4.69, 9.17) is 0 Å². The molecule has 1 aliphatic rings. The molecule has 4 rings (SSSR count). The zero-order chi connectivity index (χ0) is 18.1. The average molecular weight is 351 g/mol. The molecule has 4 nitrogen and oxygen atoms in total. The summed E-state index contributed by atoms with van der Waals surface area (Å²) in [4.78, 5) is 17.2. The lowest BCUT2D eigenvalue weighted by molar-refractivity contribution is 0.102. The van der Waals surface area contributed by atoms with Crippen LogP contribution in [0.1, 0.15) is 54.1 Å². The molecule has 1 aliphatic carbocycles. The van der Waals surface area contributed by atoms with Crippen molar-refractivity contribution in [3.05, 3.63) is 59.4 Å². The molecule has 0 aliphatic heterocycles. The van der Waals surface area contributed by atoms with Crippen molar-refractivity contribution < 1.29 is 9.18 Å². The van der Waals surface area contributed by atoms with Gasteiger partial charge in [-0.15, -0.1) is 0 Å². The molecule has 1 amide bonds. The smallest absolute Gasteiger partial charge is 0.257 e. The number of hydrogen-bond acceptors (Lipinski definition) is 2. The monoisotopic (exact) mass is 351 g/mol. The summed E-state index contributed by atoms with van der Waals surface area (Å²) in [5.41, 5.74) is 3.08. The van der Waals surface area contributed by atoms with E-state index in [2.05, 4.69) is 14.9 Å². The van der Waals surface area contributed by atoms with Crippen LogP contribution in [0.25, 0.3) is 11.0 Å². The molecular weight excluding hydrogens is 329 g/mol. The zero-order valence-electron chi connectivity index (χ0n) is 14.8. The van der Waals surface area contributed by atoms with Crippen LogP contribution in [0.15, 0.2) is 42.5 Å². The molecule has 134 valence electrons. The van der Waals surface area contributed by atoms with Crippen LogP contribution in [-0.2, 0) is 0 Å². The molecule has 1 fully saturated rings. The Morgan fingerprint density at radius 1 is 1.15 bits per heavy atom. The third-order valence-corrected chi connectivity index (χ3v) is 5.10. The molecule has 26 heavy (non-hydrogen) atoms. The van der Waals surface area contributed by atoms with Crippen LogP contribution in [0.3, 0.4) is 0 Å². The number of fused-ring (bicyclic) bond motifs is 1. The first-order valence-electron chi connectivity index (χ1n) is 9.17. The maximum atomic E-state index is 13.7. The minimum atomic E-state index is -0.317. The molecule has 0 radical (unpaired) electrons. The summed E-state index contributed by atoms with van der Waals surface area (Å²) in [5, 5.41) is 2.95. The summed E-state index contributed by atoms with van der Waals surface area (Å²) in [7, 11) is 0. The van der Waals surface area contributed by atoms with Crippen LogP contribution in [0, 0.1) is 12.7 Å². The molecule has 3 aromatic rings. The van der Waals surface area contributed by atoms with Gasteiger partial charge in [-0.2, -0.15) is 0 Å². The Kier molecular flexibility index (Phi) is 4.45. The molecule has 0 unspecified atom stereocenters. The summed E-state index contributed by atoms with van der Waals surface area (Å²) in [6.45, 7) is 1.96. The van der Waals surface area contributed by atoms with Gasteiger partial charge in [-0.05, 0) is 44.0 Å². The van der Waals surface area contributed by atoms with Gasteiger partial charge in [0.25, 0.3) is 5.91 Å². The van der Waals surface area contributed by atoms with E-state index in [9.17, 15) is 9.18 Å². The van der Waals surface area contributed by atoms with E-state index in [1.807, 2.05) is 25.1 Å². The van der Waals surface area contributed by atoms with Crippen LogP contribution >= 0.6 is 0 Å². The van der Waals surface area contributed by atoms with Crippen molar-refractivity contribution in [3.8, 4) is 0 Å². The van der Waals surface area contributed by atoms with Gasteiger partial charge in [0.1, 0.15) is 5.82 Å². The summed E-state index contributed by atoms with van der Waals surface area (Å²) >= 11 is 0. The molecule has 0 saturated heterocycles. The highest BCUT2D eigenvalue weighted by Crippen LogP contribution is 2.34. The number of aromatic nitrogens is 2. The van der Waals surface area contributed by atoms with Crippen molar-refractivity contribution in [3.63, 3.8) is 0 Å². The lowest BCUT2D eigenvalue weighted by Crippen LogP contribution is -2.20. The van der Waals surface area contributed by atoms with Crippen molar-refractivity contribution in [2.24, 2.45) is 0 Å². The van der Waals surface area contributed by atoms with Crippen LogP contribution in [-0.4, -0.2) is 15.5 Å². The number of carbonyl (C=O) groups excluding carboxylic acids is 1. The number of benzene rings is 2. The van der Waals surface area contributed by atoms with E-state index in [1.165, 1.54) is 18.6 Å². The van der Waals surface area contributed by atoms with Gasteiger partial charge in [-0.1, -0.05) is 37.0 Å². The normalized spacial score (nSPS) is 15.3. The first kappa shape index (κ1) is 16.8. The third kappa shape index (κ3) is 3.21. The number of imidazole rings is 1. The molecule has 0 spiro atoms. The first-order valence-corrected chi connectivity index (χ1v) is 9.17. The van der Waals surface area contributed by atoms with Crippen LogP contribution < -0.4 is 5.32 Å². The summed E-state index contributed by atoms with van der Waals surface area (Å²) < 4.78 is 15.7. The average Bonchev–Trinajstić information content (AvgIpc) is 2.99. The van der Waals surface area contributed by atoms with E-state index < -0.39 is 0 Å². The molecule has 1 aromatic heterocycles. The van der Waals surface area contributed by atoms with E-state index >= 15 is 0 Å². The number of rotatable bonds is 3.